The third kappa shape index (κ3) is 3.76. The van der Waals surface area contributed by atoms with Gasteiger partial charge in [0.2, 0.25) is 0 Å². The molecule has 10 heteroatoms. The van der Waals surface area contributed by atoms with Crippen molar-refractivity contribution in [3.63, 3.8) is 0 Å². The minimum atomic E-state index is -1.09. The Kier molecular flexibility index (Phi) is 5.21. The highest BCUT2D eigenvalue weighted by Gasteiger charge is 2.49. The van der Waals surface area contributed by atoms with Crippen molar-refractivity contribution in [1.82, 2.24) is 35.3 Å². The summed E-state index contributed by atoms with van der Waals surface area (Å²) in [6, 6.07) is 14.7. The molecule has 2 saturated heterocycles. The maximum absolute atomic E-state index is 13.9. The zero-order valence-electron chi connectivity index (χ0n) is 19.3. The first-order chi connectivity index (χ1) is 17.5. The van der Waals surface area contributed by atoms with E-state index >= 15 is 0 Å². The first kappa shape index (κ1) is 21.9. The summed E-state index contributed by atoms with van der Waals surface area (Å²) < 4.78 is 1.76. The molecule has 2 fully saturated rings. The molecule has 36 heavy (non-hydrogen) atoms. The molecule has 0 radical (unpaired) electrons. The Balaban J connectivity index is 1.42. The Morgan fingerprint density at radius 3 is 2.69 bits per heavy atom. The lowest BCUT2D eigenvalue weighted by molar-refractivity contribution is -0.125. The molecule has 4 aromatic rings. The molecule has 2 aliphatic rings. The van der Waals surface area contributed by atoms with E-state index in [1.807, 2.05) is 42.5 Å². The predicted molar refractivity (Wildman–Crippen MR) is 131 cm³/mol. The number of imide groups is 1. The molecule has 1 spiro atoms. The van der Waals surface area contributed by atoms with E-state index in [1.165, 1.54) is 0 Å². The van der Waals surface area contributed by atoms with E-state index in [0.29, 0.717) is 48.2 Å². The summed E-state index contributed by atoms with van der Waals surface area (Å²) in [5, 5.41) is 10.2. The van der Waals surface area contributed by atoms with Gasteiger partial charge < -0.3 is 10.2 Å². The molecule has 3 aromatic heterocycles. The Hall–Kier alpha value is -4.60. The molecule has 10 nitrogen and oxygen atoms in total. The Morgan fingerprint density at radius 2 is 1.94 bits per heavy atom. The largest absolute Gasteiger partial charge is 0.336 e. The minimum absolute atomic E-state index is 0.109. The van der Waals surface area contributed by atoms with E-state index in [1.54, 1.807) is 34.2 Å². The number of pyridine rings is 2. The van der Waals surface area contributed by atoms with Gasteiger partial charge in [0, 0.05) is 24.5 Å². The number of hydrogen-bond acceptors (Lipinski definition) is 6. The van der Waals surface area contributed by atoms with Gasteiger partial charge >= 0.3 is 6.03 Å². The maximum atomic E-state index is 13.9. The zero-order chi connectivity index (χ0) is 24.7. The quantitative estimate of drug-likeness (QED) is 0.432. The van der Waals surface area contributed by atoms with Crippen LogP contribution >= 0.6 is 0 Å². The summed E-state index contributed by atoms with van der Waals surface area (Å²) in [6.07, 6.45) is 6.22. The van der Waals surface area contributed by atoms with Crippen molar-refractivity contribution in [2.24, 2.45) is 0 Å². The van der Waals surface area contributed by atoms with Gasteiger partial charge in [-0.25, -0.2) is 14.5 Å². The smallest absolute Gasteiger partial charge is 0.322 e. The molecule has 1 aromatic carbocycles. The average molecular weight is 482 g/mol. The second kappa shape index (κ2) is 8.56. The normalized spacial score (nSPS) is 19.5. The lowest BCUT2D eigenvalue weighted by atomic mass is 9.88. The Bertz CT molecular complexity index is 1490. The summed E-state index contributed by atoms with van der Waals surface area (Å²) in [4.78, 5) is 49.0. The van der Waals surface area contributed by atoms with Crippen molar-refractivity contribution in [3.8, 4) is 11.3 Å². The number of piperidine rings is 1. The summed E-state index contributed by atoms with van der Waals surface area (Å²) in [5.41, 5.74) is 2.44. The second-order valence-corrected chi connectivity index (χ2v) is 9.14. The molecule has 4 amide bonds. The summed E-state index contributed by atoms with van der Waals surface area (Å²) in [7, 11) is 0. The molecule has 0 bridgehead atoms. The predicted octanol–water partition coefficient (Wildman–Crippen LogP) is 2.36. The van der Waals surface area contributed by atoms with Gasteiger partial charge in [-0.1, -0.05) is 36.4 Å². The standard InChI is InChI=1S/C26H23N7O3/c34-23(32-11-5-9-26(16-32)24(35)30-25(36)31-26)19-12-21(18-7-2-1-3-8-18)29-22-20(19)14-28-33(22)15-17-6-4-10-27-13-17/h1-4,6-8,10,12-14H,5,9,11,15-16H2,(H2,30,31,35,36). The second-order valence-electron chi connectivity index (χ2n) is 9.14. The number of nitrogens with zero attached hydrogens (tertiary/aromatic N) is 5. The Labute approximate surface area is 206 Å². The summed E-state index contributed by atoms with van der Waals surface area (Å²) >= 11 is 0. The number of hydrogen-bond donors (Lipinski definition) is 2. The van der Waals surface area contributed by atoms with Crippen LogP contribution in [0.3, 0.4) is 0 Å². The number of carbonyl (C=O) groups is 3. The Morgan fingerprint density at radius 1 is 1.08 bits per heavy atom. The average Bonchev–Trinajstić information content (AvgIpc) is 3.43. The zero-order valence-corrected chi connectivity index (χ0v) is 19.3. The molecule has 180 valence electrons. The van der Waals surface area contributed by atoms with Crippen LogP contribution in [0.25, 0.3) is 22.3 Å². The lowest BCUT2D eigenvalue weighted by Gasteiger charge is -2.38. The summed E-state index contributed by atoms with van der Waals surface area (Å²) in [5.74, 6) is -0.618. The van der Waals surface area contributed by atoms with Crippen molar-refractivity contribution in [3.05, 3.63) is 78.2 Å². The molecule has 2 N–H and O–H groups in total. The SMILES string of the molecule is O=C1NC(=O)C2(CCCN(C(=O)c3cc(-c4ccccc4)nc4c3cnn4Cc3cccnc3)C2)N1. The van der Waals surface area contributed by atoms with E-state index in [9.17, 15) is 14.4 Å². The van der Waals surface area contributed by atoms with Crippen LogP contribution in [0.4, 0.5) is 4.79 Å². The fourth-order valence-corrected chi connectivity index (χ4v) is 4.98. The monoisotopic (exact) mass is 481 g/mol. The van der Waals surface area contributed by atoms with Gasteiger partial charge in [0.25, 0.3) is 11.8 Å². The highest BCUT2D eigenvalue weighted by molar-refractivity contribution is 6.09. The number of likely N-dealkylation sites (tertiary alicyclic amines) is 1. The van der Waals surface area contributed by atoms with E-state index in [-0.39, 0.29) is 18.4 Å². The number of nitrogens with one attached hydrogen (secondary N) is 2. The van der Waals surface area contributed by atoms with Crippen molar-refractivity contribution in [1.29, 1.82) is 0 Å². The molecule has 5 heterocycles. The maximum Gasteiger partial charge on any atom is 0.322 e. The van der Waals surface area contributed by atoms with Crippen LogP contribution in [0.5, 0.6) is 0 Å². The van der Waals surface area contributed by atoms with Gasteiger partial charge in [-0.3, -0.25) is 19.9 Å². The fraction of sp³-hybridized carbons (Fsp3) is 0.231. The number of carbonyl (C=O) groups excluding carboxylic acids is 3. The van der Waals surface area contributed by atoms with E-state index in [2.05, 4.69) is 20.7 Å². The van der Waals surface area contributed by atoms with Crippen molar-refractivity contribution < 1.29 is 14.4 Å². The van der Waals surface area contributed by atoms with E-state index in [0.717, 1.165) is 11.1 Å². The highest BCUT2D eigenvalue weighted by Crippen LogP contribution is 2.30. The molecular formula is C26H23N7O3. The van der Waals surface area contributed by atoms with Crippen LogP contribution in [0.15, 0.2) is 67.1 Å². The third-order valence-corrected chi connectivity index (χ3v) is 6.76. The van der Waals surface area contributed by atoms with Crippen LogP contribution in [-0.2, 0) is 11.3 Å². The fourth-order valence-electron chi connectivity index (χ4n) is 4.98. The number of amides is 4. The molecule has 1 atom stereocenters. The first-order valence-corrected chi connectivity index (χ1v) is 11.8. The molecule has 0 aliphatic carbocycles. The van der Waals surface area contributed by atoms with Crippen LogP contribution in [0, 0.1) is 0 Å². The van der Waals surface area contributed by atoms with Gasteiger partial charge in [0.05, 0.1) is 35.9 Å². The third-order valence-electron chi connectivity index (χ3n) is 6.76. The first-order valence-electron chi connectivity index (χ1n) is 11.8. The van der Waals surface area contributed by atoms with Gasteiger partial charge in [0.1, 0.15) is 5.54 Å². The van der Waals surface area contributed by atoms with Gasteiger partial charge in [-0.2, -0.15) is 5.10 Å². The molecular weight excluding hydrogens is 458 g/mol. The number of urea groups is 1. The van der Waals surface area contributed by atoms with Crippen LogP contribution < -0.4 is 10.6 Å². The number of aromatic nitrogens is 4. The van der Waals surface area contributed by atoms with E-state index < -0.39 is 11.6 Å². The van der Waals surface area contributed by atoms with E-state index in [4.69, 9.17) is 4.98 Å². The molecule has 2 aliphatic heterocycles. The number of rotatable bonds is 4. The number of fused-ring (bicyclic) bond motifs is 1. The minimum Gasteiger partial charge on any atom is -0.336 e. The van der Waals surface area contributed by atoms with Gasteiger partial charge in [-0.05, 0) is 30.5 Å². The van der Waals surface area contributed by atoms with Crippen LogP contribution in [-0.4, -0.2) is 61.1 Å². The van der Waals surface area contributed by atoms with Crippen molar-refractivity contribution in [2.45, 2.75) is 24.9 Å². The lowest BCUT2D eigenvalue weighted by Crippen LogP contribution is -2.59. The topological polar surface area (TPSA) is 122 Å². The number of benzene rings is 1. The van der Waals surface area contributed by atoms with Crippen molar-refractivity contribution >= 4 is 28.9 Å². The molecule has 1 unspecified atom stereocenters. The summed E-state index contributed by atoms with van der Waals surface area (Å²) in [6.45, 7) is 1.05. The highest BCUT2D eigenvalue weighted by atomic mass is 16.2. The van der Waals surface area contributed by atoms with Crippen LogP contribution in [0.1, 0.15) is 28.8 Å². The van der Waals surface area contributed by atoms with Gasteiger partial charge in [0.15, 0.2) is 5.65 Å². The van der Waals surface area contributed by atoms with Crippen molar-refractivity contribution in [2.75, 3.05) is 13.1 Å². The van der Waals surface area contributed by atoms with Crippen LogP contribution in [0.2, 0.25) is 0 Å². The molecule has 0 saturated carbocycles. The van der Waals surface area contributed by atoms with Gasteiger partial charge in [-0.15, -0.1) is 0 Å². The molecule has 6 rings (SSSR count).